The lowest BCUT2D eigenvalue weighted by Gasteiger charge is -2.33. The molecule has 0 aromatic heterocycles. The first-order valence-electron chi connectivity index (χ1n) is 9.39. The van der Waals surface area contributed by atoms with Crippen LogP contribution < -0.4 is 14.4 Å². The van der Waals surface area contributed by atoms with E-state index in [0.29, 0.717) is 43.0 Å². The minimum atomic E-state index is -0.0991. The number of carbonyl (C=O) groups excluding carboxylic acids is 2. The van der Waals surface area contributed by atoms with E-state index in [4.69, 9.17) is 9.47 Å². The molecular weight excluding hydrogens is 356 g/mol. The SMILES string of the molecule is COc1ccc(N(C)C(=O)C2CCN(C(=O)c3ccccc3)CC2)cc1OC. The van der Waals surface area contributed by atoms with Crippen molar-refractivity contribution >= 4 is 17.5 Å². The first-order chi connectivity index (χ1) is 13.5. The number of carbonyl (C=O) groups is 2. The number of anilines is 1. The van der Waals surface area contributed by atoms with E-state index in [1.807, 2.05) is 41.3 Å². The van der Waals surface area contributed by atoms with Gasteiger partial charge in [-0.05, 0) is 37.1 Å². The molecule has 1 aliphatic heterocycles. The Morgan fingerprint density at radius 1 is 0.964 bits per heavy atom. The number of likely N-dealkylation sites (tertiary alicyclic amines) is 1. The second-order valence-corrected chi connectivity index (χ2v) is 6.87. The summed E-state index contributed by atoms with van der Waals surface area (Å²) in [6.07, 6.45) is 1.32. The van der Waals surface area contributed by atoms with Gasteiger partial charge in [-0.1, -0.05) is 18.2 Å². The fraction of sp³-hybridized carbons (Fsp3) is 0.364. The maximum atomic E-state index is 12.9. The van der Waals surface area contributed by atoms with Gasteiger partial charge in [-0.2, -0.15) is 0 Å². The molecule has 148 valence electrons. The van der Waals surface area contributed by atoms with Gasteiger partial charge in [-0.15, -0.1) is 0 Å². The Morgan fingerprint density at radius 2 is 1.61 bits per heavy atom. The summed E-state index contributed by atoms with van der Waals surface area (Å²) in [5.41, 5.74) is 1.44. The molecule has 0 atom stereocenters. The van der Waals surface area contributed by atoms with Crippen molar-refractivity contribution in [2.45, 2.75) is 12.8 Å². The highest BCUT2D eigenvalue weighted by Gasteiger charge is 2.30. The second-order valence-electron chi connectivity index (χ2n) is 6.87. The Labute approximate surface area is 165 Å². The molecule has 1 aliphatic rings. The fourth-order valence-corrected chi connectivity index (χ4v) is 3.53. The molecule has 0 N–H and O–H groups in total. The summed E-state index contributed by atoms with van der Waals surface area (Å²) in [7, 11) is 4.92. The maximum absolute atomic E-state index is 12.9. The molecule has 1 fully saturated rings. The fourth-order valence-electron chi connectivity index (χ4n) is 3.53. The minimum absolute atomic E-state index is 0.0275. The zero-order chi connectivity index (χ0) is 20.1. The third-order valence-electron chi connectivity index (χ3n) is 5.24. The van der Waals surface area contributed by atoms with Gasteiger partial charge in [0, 0.05) is 43.4 Å². The van der Waals surface area contributed by atoms with E-state index in [2.05, 4.69) is 0 Å². The predicted octanol–water partition coefficient (Wildman–Crippen LogP) is 3.22. The lowest BCUT2D eigenvalue weighted by Crippen LogP contribution is -2.43. The van der Waals surface area contributed by atoms with Gasteiger partial charge in [0.2, 0.25) is 5.91 Å². The molecule has 0 saturated carbocycles. The van der Waals surface area contributed by atoms with Crippen molar-refractivity contribution in [3.05, 3.63) is 54.1 Å². The van der Waals surface area contributed by atoms with Gasteiger partial charge in [0.15, 0.2) is 11.5 Å². The Bertz CT molecular complexity index is 830. The molecule has 1 saturated heterocycles. The lowest BCUT2D eigenvalue weighted by molar-refractivity contribution is -0.123. The molecule has 0 radical (unpaired) electrons. The van der Waals surface area contributed by atoms with E-state index < -0.39 is 0 Å². The van der Waals surface area contributed by atoms with Gasteiger partial charge in [-0.3, -0.25) is 9.59 Å². The molecule has 0 spiro atoms. The number of nitrogens with zero attached hydrogens (tertiary/aromatic N) is 2. The van der Waals surface area contributed by atoms with E-state index in [9.17, 15) is 9.59 Å². The van der Waals surface area contributed by atoms with Crippen molar-refractivity contribution < 1.29 is 19.1 Å². The molecule has 2 aromatic rings. The Hall–Kier alpha value is -3.02. The summed E-state index contributed by atoms with van der Waals surface area (Å²) >= 11 is 0. The number of hydrogen-bond acceptors (Lipinski definition) is 4. The van der Waals surface area contributed by atoms with Crippen LogP contribution in [0.4, 0.5) is 5.69 Å². The molecule has 0 aliphatic carbocycles. The van der Waals surface area contributed by atoms with Crippen LogP contribution in [-0.4, -0.2) is 51.1 Å². The van der Waals surface area contributed by atoms with Crippen LogP contribution in [0.1, 0.15) is 23.2 Å². The van der Waals surface area contributed by atoms with E-state index >= 15 is 0 Å². The van der Waals surface area contributed by atoms with Gasteiger partial charge in [0.05, 0.1) is 14.2 Å². The summed E-state index contributed by atoms with van der Waals surface area (Å²) in [6, 6.07) is 14.7. The summed E-state index contributed by atoms with van der Waals surface area (Å²) in [5, 5.41) is 0. The average Bonchev–Trinajstić information content (AvgIpc) is 2.77. The van der Waals surface area contributed by atoms with Crippen LogP contribution in [-0.2, 0) is 4.79 Å². The van der Waals surface area contributed by atoms with Crippen molar-refractivity contribution in [3.8, 4) is 11.5 Å². The number of rotatable bonds is 5. The Kier molecular flexibility index (Phi) is 6.19. The molecule has 2 aromatic carbocycles. The zero-order valence-corrected chi connectivity index (χ0v) is 16.6. The predicted molar refractivity (Wildman–Crippen MR) is 108 cm³/mol. The van der Waals surface area contributed by atoms with Crippen LogP contribution in [0.2, 0.25) is 0 Å². The largest absolute Gasteiger partial charge is 0.493 e. The number of amides is 2. The molecule has 2 amide bonds. The molecule has 6 nitrogen and oxygen atoms in total. The molecule has 1 heterocycles. The van der Waals surface area contributed by atoms with Crippen LogP contribution >= 0.6 is 0 Å². The van der Waals surface area contributed by atoms with E-state index in [1.165, 1.54) is 0 Å². The van der Waals surface area contributed by atoms with E-state index in [1.54, 1.807) is 38.3 Å². The second kappa shape index (κ2) is 8.78. The highest BCUT2D eigenvalue weighted by Crippen LogP contribution is 2.32. The summed E-state index contributed by atoms with van der Waals surface area (Å²) in [4.78, 5) is 29.0. The smallest absolute Gasteiger partial charge is 0.253 e. The first kappa shape index (κ1) is 19.7. The lowest BCUT2D eigenvalue weighted by atomic mass is 9.94. The van der Waals surface area contributed by atoms with E-state index in [-0.39, 0.29) is 17.7 Å². The average molecular weight is 382 g/mol. The third-order valence-corrected chi connectivity index (χ3v) is 5.24. The van der Waals surface area contributed by atoms with Crippen LogP contribution in [0.5, 0.6) is 11.5 Å². The molecule has 3 rings (SSSR count). The molecule has 0 bridgehead atoms. The Morgan fingerprint density at radius 3 is 2.21 bits per heavy atom. The summed E-state index contributed by atoms with van der Waals surface area (Å²) in [6.45, 7) is 1.17. The third kappa shape index (κ3) is 4.11. The van der Waals surface area contributed by atoms with Crippen LogP contribution in [0.15, 0.2) is 48.5 Å². The van der Waals surface area contributed by atoms with Crippen molar-refractivity contribution in [2.75, 3.05) is 39.3 Å². The summed E-state index contributed by atoms with van der Waals surface area (Å²) in [5.74, 6) is 1.19. The first-order valence-corrected chi connectivity index (χ1v) is 9.39. The van der Waals surface area contributed by atoms with Crippen LogP contribution in [0.25, 0.3) is 0 Å². The Balaban J connectivity index is 1.62. The number of benzene rings is 2. The van der Waals surface area contributed by atoms with Crippen molar-refractivity contribution in [1.82, 2.24) is 4.90 Å². The van der Waals surface area contributed by atoms with Crippen LogP contribution in [0.3, 0.4) is 0 Å². The molecule has 28 heavy (non-hydrogen) atoms. The van der Waals surface area contributed by atoms with E-state index in [0.717, 1.165) is 5.69 Å². The van der Waals surface area contributed by atoms with Crippen LogP contribution in [0, 0.1) is 5.92 Å². The normalized spacial score (nSPS) is 14.5. The zero-order valence-electron chi connectivity index (χ0n) is 16.6. The number of piperidine rings is 1. The standard InChI is InChI=1S/C22H26N2O4/c1-23(18-9-10-19(27-2)20(15-18)28-3)21(25)17-11-13-24(14-12-17)22(26)16-7-5-4-6-8-16/h4-10,15,17H,11-14H2,1-3H3. The number of ether oxygens (including phenoxy) is 2. The number of hydrogen-bond donors (Lipinski definition) is 0. The topological polar surface area (TPSA) is 59.1 Å². The maximum Gasteiger partial charge on any atom is 0.253 e. The molecular formula is C22H26N2O4. The highest BCUT2D eigenvalue weighted by atomic mass is 16.5. The monoisotopic (exact) mass is 382 g/mol. The summed E-state index contributed by atoms with van der Waals surface area (Å²) < 4.78 is 10.6. The van der Waals surface area contributed by atoms with Crippen molar-refractivity contribution in [1.29, 1.82) is 0 Å². The molecule has 0 unspecified atom stereocenters. The van der Waals surface area contributed by atoms with Crippen molar-refractivity contribution in [3.63, 3.8) is 0 Å². The van der Waals surface area contributed by atoms with Gasteiger partial charge in [-0.25, -0.2) is 0 Å². The molecule has 6 heteroatoms. The van der Waals surface area contributed by atoms with Gasteiger partial charge in [0.25, 0.3) is 5.91 Å². The van der Waals surface area contributed by atoms with Crippen molar-refractivity contribution in [2.24, 2.45) is 5.92 Å². The highest BCUT2D eigenvalue weighted by molar-refractivity contribution is 5.96. The number of methoxy groups -OCH3 is 2. The van der Waals surface area contributed by atoms with Gasteiger partial charge < -0.3 is 19.3 Å². The van der Waals surface area contributed by atoms with Gasteiger partial charge >= 0.3 is 0 Å². The minimum Gasteiger partial charge on any atom is -0.493 e. The quantitative estimate of drug-likeness (QED) is 0.797. The van der Waals surface area contributed by atoms with Gasteiger partial charge in [0.1, 0.15) is 0 Å².